The normalized spacial score (nSPS) is 17.6. The molecule has 0 amide bonds. The molecule has 0 heterocycles. The van der Waals surface area contributed by atoms with E-state index in [1.165, 1.54) is 13.2 Å². The minimum Gasteiger partial charge on any atom is -0.493 e. The molecule has 0 unspecified atom stereocenters. The van der Waals surface area contributed by atoms with Gasteiger partial charge in [-0.1, -0.05) is 0 Å². The average molecular weight is 151 g/mol. The van der Waals surface area contributed by atoms with Gasteiger partial charge in [0.2, 0.25) is 5.78 Å². The zero-order valence-electron chi connectivity index (χ0n) is 6.09. The summed E-state index contributed by atoms with van der Waals surface area (Å²) in [5.41, 5.74) is 0.204. The second-order valence-corrected chi connectivity index (χ2v) is 2.11. The van der Waals surface area contributed by atoms with Gasteiger partial charge in [0.15, 0.2) is 11.5 Å². The van der Waals surface area contributed by atoms with Crippen molar-refractivity contribution in [1.29, 1.82) is 0 Å². The van der Waals surface area contributed by atoms with E-state index < -0.39 is 0 Å². The predicted molar refractivity (Wildman–Crippen MR) is 38.5 cm³/mol. The van der Waals surface area contributed by atoms with Crippen molar-refractivity contribution in [3.8, 4) is 0 Å². The second-order valence-electron chi connectivity index (χ2n) is 2.11. The topological polar surface area (TPSA) is 43.4 Å². The number of allylic oxidation sites excluding steroid dienone is 3. The van der Waals surface area contributed by atoms with Gasteiger partial charge >= 0.3 is 0 Å². The molecule has 0 aromatic carbocycles. The highest BCUT2D eigenvalue weighted by Crippen LogP contribution is 2.10. The number of methoxy groups -OCH3 is 1. The van der Waals surface area contributed by atoms with Crippen LogP contribution in [0.25, 0.3) is 0 Å². The van der Waals surface area contributed by atoms with E-state index in [0.717, 1.165) is 6.08 Å². The lowest BCUT2D eigenvalue weighted by Gasteiger charge is -2.06. The number of ketones is 2. The zero-order chi connectivity index (χ0) is 8.43. The largest absolute Gasteiger partial charge is 0.493 e. The van der Waals surface area contributed by atoms with E-state index in [0.29, 0.717) is 0 Å². The standard InChI is InChI=1S/C8H7O3/c1-5-3-7(10)8(11-2)4-6(5)9/h3-4H,1H2,2H3. The Morgan fingerprint density at radius 3 is 2.45 bits per heavy atom. The van der Waals surface area contributed by atoms with Crippen LogP contribution >= 0.6 is 0 Å². The van der Waals surface area contributed by atoms with Crippen molar-refractivity contribution in [3.63, 3.8) is 0 Å². The van der Waals surface area contributed by atoms with E-state index in [1.807, 2.05) is 0 Å². The molecule has 57 valence electrons. The van der Waals surface area contributed by atoms with E-state index in [4.69, 9.17) is 0 Å². The fourth-order valence-electron chi connectivity index (χ4n) is 0.743. The molecule has 0 fully saturated rings. The Kier molecular flexibility index (Phi) is 1.89. The van der Waals surface area contributed by atoms with Gasteiger partial charge in [-0.3, -0.25) is 9.59 Å². The molecule has 3 heteroatoms. The molecule has 0 spiro atoms. The van der Waals surface area contributed by atoms with Crippen LogP contribution in [0.3, 0.4) is 0 Å². The summed E-state index contributed by atoms with van der Waals surface area (Å²) < 4.78 is 4.64. The number of ether oxygens (including phenoxy) is 1. The lowest BCUT2D eigenvalue weighted by atomic mass is 10.0. The van der Waals surface area contributed by atoms with E-state index in [1.54, 1.807) is 0 Å². The van der Waals surface area contributed by atoms with Crippen LogP contribution in [0.1, 0.15) is 0 Å². The molecule has 1 rings (SSSR count). The van der Waals surface area contributed by atoms with Crippen LogP contribution in [0.5, 0.6) is 0 Å². The van der Waals surface area contributed by atoms with Crippen molar-refractivity contribution < 1.29 is 14.3 Å². The molecular weight excluding hydrogens is 144 g/mol. The number of carbonyl (C=O) groups is 2. The average Bonchev–Trinajstić information content (AvgIpc) is 1.97. The molecule has 3 nitrogen and oxygen atoms in total. The lowest BCUT2D eigenvalue weighted by Crippen LogP contribution is -2.12. The van der Waals surface area contributed by atoms with Crippen LogP contribution in [0, 0.1) is 6.92 Å². The maximum Gasteiger partial charge on any atom is 0.220 e. The first-order valence-electron chi connectivity index (χ1n) is 3.03. The van der Waals surface area contributed by atoms with Crippen LogP contribution in [-0.2, 0) is 14.3 Å². The second kappa shape index (κ2) is 2.70. The first-order chi connectivity index (χ1) is 5.15. The summed E-state index contributed by atoms with van der Waals surface area (Å²) in [6, 6.07) is 0. The van der Waals surface area contributed by atoms with Gasteiger partial charge in [0.25, 0.3) is 0 Å². The summed E-state index contributed by atoms with van der Waals surface area (Å²) in [4.78, 5) is 21.8. The lowest BCUT2D eigenvalue weighted by molar-refractivity contribution is -0.117. The first kappa shape index (κ1) is 7.72. The maximum atomic E-state index is 10.9. The van der Waals surface area contributed by atoms with Crippen LogP contribution in [0.2, 0.25) is 0 Å². The van der Waals surface area contributed by atoms with Gasteiger partial charge in [-0.25, -0.2) is 0 Å². The molecule has 1 radical (unpaired) electrons. The quantitative estimate of drug-likeness (QED) is 0.510. The minimum atomic E-state index is -0.308. The molecule has 0 saturated carbocycles. The monoisotopic (exact) mass is 151 g/mol. The Bertz CT molecular complexity index is 271. The van der Waals surface area contributed by atoms with Crippen LogP contribution < -0.4 is 0 Å². The summed E-state index contributed by atoms with van der Waals surface area (Å²) in [5.74, 6) is -0.513. The molecule has 0 aromatic heterocycles. The molecule has 0 saturated heterocycles. The predicted octanol–water partition coefficient (Wildman–Crippen LogP) is 0.429. The number of carbonyl (C=O) groups excluding carboxylic acids is 2. The van der Waals surface area contributed by atoms with Gasteiger partial charge in [0.1, 0.15) is 0 Å². The Morgan fingerprint density at radius 1 is 1.27 bits per heavy atom. The first-order valence-corrected chi connectivity index (χ1v) is 3.03. The molecule has 0 atom stereocenters. The fourth-order valence-corrected chi connectivity index (χ4v) is 0.743. The van der Waals surface area contributed by atoms with Crippen molar-refractivity contribution in [2.45, 2.75) is 0 Å². The van der Waals surface area contributed by atoms with Crippen LogP contribution in [0.4, 0.5) is 0 Å². The fraction of sp³-hybridized carbons (Fsp3) is 0.125. The van der Waals surface area contributed by atoms with E-state index in [-0.39, 0.29) is 22.9 Å². The maximum absolute atomic E-state index is 10.9. The highest BCUT2D eigenvalue weighted by molar-refractivity contribution is 6.19. The minimum absolute atomic E-state index is 0.0717. The van der Waals surface area contributed by atoms with Crippen molar-refractivity contribution in [2.24, 2.45) is 0 Å². The molecule has 1 aliphatic rings. The van der Waals surface area contributed by atoms with Crippen LogP contribution in [-0.4, -0.2) is 18.7 Å². The van der Waals surface area contributed by atoms with E-state index in [9.17, 15) is 9.59 Å². The molecule has 0 aromatic rings. The molecule has 0 N–H and O–H groups in total. The van der Waals surface area contributed by atoms with Gasteiger partial charge in [-0.05, 0) is 13.0 Å². The molecule has 11 heavy (non-hydrogen) atoms. The van der Waals surface area contributed by atoms with Crippen molar-refractivity contribution in [2.75, 3.05) is 7.11 Å². The summed E-state index contributed by atoms with van der Waals surface area (Å²) in [6.45, 7) is 3.39. The summed E-state index contributed by atoms with van der Waals surface area (Å²) in [7, 11) is 1.35. The highest BCUT2D eigenvalue weighted by atomic mass is 16.5. The van der Waals surface area contributed by atoms with E-state index in [2.05, 4.69) is 11.7 Å². The summed E-state index contributed by atoms with van der Waals surface area (Å²) in [5, 5.41) is 0. The van der Waals surface area contributed by atoms with Gasteiger partial charge < -0.3 is 4.74 Å². The smallest absolute Gasteiger partial charge is 0.220 e. The number of hydrogen-bond acceptors (Lipinski definition) is 3. The third kappa shape index (κ3) is 1.37. The highest BCUT2D eigenvalue weighted by Gasteiger charge is 2.17. The van der Waals surface area contributed by atoms with E-state index >= 15 is 0 Å². The van der Waals surface area contributed by atoms with Crippen molar-refractivity contribution in [3.05, 3.63) is 30.4 Å². The SMILES string of the molecule is [CH2]C1=CC(=O)C(OC)=CC1=O. The zero-order valence-corrected chi connectivity index (χ0v) is 6.09. The van der Waals surface area contributed by atoms with Crippen molar-refractivity contribution >= 4 is 11.6 Å². The Balaban J connectivity index is 2.98. The van der Waals surface area contributed by atoms with Crippen LogP contribution in [0.15, 0.2) is 23.5 Å². The Hall–Kier alpha value is -1.38. The third-order valence-corrected chi connectivity index (χ3v) is 1.35. The summed E-state index contributed by atoms with van der Waals surface area (Å²) in [6.07, 6.45) is 2.31. The van der Waals surface area contributed by atoms with Gasteiger partial charge in [0, 0.05) is 11.6 Å². The van der Waals surface area contributed by atoms with Gasteiger partial charge in [-0.2, -0.15) is 0 Å². The molecule has 0 bridgehead atoms. The molecule has 0 aliphatic heterocycles. The number of hydrogen-bond donors (Lipinski definition) is 0. The van der Waals surface area contributed by atoms with Gasteiger partial charge in [0.05, 0.1) is 7.11 Å². The summed E-state index contributed by atoms with van der Waals surface area (Å²) >= 11 is 0. The third-order valence-electron chi connectivity index (χ3n) is 1.35. The molecular formula is C8H7O3. The number of rotatable bonds is 1. The Labute approximate surface area is 64.3 Å². The van der Waals surface area contributed by atoms with Crippen molar-refractivity contribution in [1.82, 2.24) is 0 Å². The van der Waals surface area contributed by atoms with Gasteiger partial charge in [-0.15, -0.1) is 0 Å². The Morgan fingerprint density at radius 2 is 1.91 bits per heavy atom. The molecule has 1 aliphatic carbocycles.